The van der Waals surface area contributed by atoms with Crippen LogP contribution in [0.5, 0.6) is 17.2 Å². The molecule has 5 aromatic rings. The summed E-state index contributed by atoms with van der Waals surface area (Å²) < 4.78 is 57.0. The van der Waals surface area contributed by atoms with Gasteiger partial charge in [-0.1, -0.05) is 0 Å². The number of nitrogens with one attached hydrogen (secondary N) is 2. The summed E-state index contributed by atoms with van der Waals surface area (Å²) in [6.45, 7) is 2.82. The lowest BCUT2D eigenvalue weighted by Crippen LogP contribution is -2.39. The minimum Gasteiger partial charge on any atom is -0.494 e. The fourth-order valence-electron chi connectivity index (χ4n) is 6.36. The van der Waals surface area contributed by atoms with Crippen LogP contribution in [0.25, 0.3) is 16.6 Å². The smallest absolute Gasteiger partial charge is 0.284 e. The van der Waals surface area contributed by atoms with Crippen molar-refractivity contribution in [1.29, 1.82) is 0 Å². The van der Waals surface area contributed by atoms with Gasteiger partial charge in [0.15, 0.2) is 11.5 Å². The van der Waals surface area contributed by atoms with Gasteiger partial charge in [-0.25, -0.2) is 32.6 Å². The molecule has 260 valence electrons. The van der Waals surface area contributed by atoms with E-state index in [4.69, 9.17) is 9.47 Å². The van der Waals surface area contributed by atoms with Crippen LogP contribution in [0.2, 0.25) is 0 Å². The van der Waals surface area contributed by atoms with Crippen molar-refractivity contribution in [2.24, 2.45) is 0 Å². The molecule has 5 heterocycles. The van der Waals surface area contributed by atoms with Crippen LogP contribution in [0.3, 0.4) is 0 Å². The zero-order valence-corrected chi connectivity index (χ0v) is 27.8. The predicted octanol–water partition coefficient (Wildman–Crippen LogP) is 6.65. The van der Waals surface area contributed by atoms with Crippen molar-refractivity contribution in [3.63, 3.8) is 0 Å². The van der Waals surface area contributed by atoms with Crippen molar-refractivity contribution in [2.75, 3.05) is 49.3 Å². The van der Waals surface area contributed by atoms with Crippen LogP contribution in [0.4, 0.5) is 36.1 Å². The van der Waals surface area contributed by atoms with Crippen LogP contribution < -0.4 is 25.0 Å². The second kappa shape index (κ2) is 13.5. The van der Waals surface area contributed by atoms with E-state index in [0.29, 0.717) is 51.0 Å². The first-order chi connectivity index (χ1) is 24.1. The number of alkyl halides is 2. The van der Waals surface area contributed by atoms with Gasteiger partial charge in [0, 0.05) is 55.7 Å². The number of hydrogen-bond acceptors (Lipinski definition) is 10. The summed E-state index contributed by atoms with van der Waals surface area (Å²) in [6.07, 6.45) is 6.91. The molecule has 0 saturated carbocycles. The Morgan fingerprint density at radius 3 is 2.60 bits per heavy atom. The van der Waals surface area contributed by atoms with Gasteiger partial charge in [-0.2, -0.15) is 5.10 Å². The normalized spacial score (nSPS) is 18.1. The highest BCUT2D eigenvalue weighted by Crippen LogP contribution is 2.40. The maximum Gasteiger partial charge on any atom is 0.284 e. The molecular weight excluding hydrogens is 651 g/mol. The summed E-state index contributed by atoms with van der Waals surface area (Å²) in [6, 6.07) is 10.3. The third-order valence-electron chi connectivity index (χ3n) is 9.20. The molecule has 15 heteroatoms. The first-order valence-corrected chi connectivity index (χ1v) is 16.3. The highest BCUT2D eigenvalue weighted by Gasteiger charge is 2.35. The van der Waals surface area contributed by atoms with Crippen molar-refractivity contribution in [3.8, 4) is 17.2 Å². The summed E-state index contributed by atoms with van der Waals surface area (Å²) in [4.78, 5) is 30.1. The Bertz CT molecular complexity index is 2090. The Balaban J connectivity index is 1.21. The standard InChI is InChI=1S/C35H36F3N9O3/c1-21-13-28(31(49-3)18-30(21)50-23-6-10-47-32(15-23)40-20-42-47)43-33-24-16-27(44-34(48)25(36)14-22-5-4-9-45(22)2)29(17-26(24)39-19-41-33)46-11-7-35(37,38)8-12-46/h6,10,13-20,22H,4-5,7-9,11-12H2,1-3H3,(H,44,48)(H,39,41,43)/b25-14+. The Hall–Kier alpha value is -5.44. The van der Waals surface area contributed by atoms with E-state index in [0.717, 1.165) is 24.9 Å². The summed E-state index contributed by atoms with van der Waals surface area (Å²) in [7, 11) is 3.42. The third-order valence-corrected chi connectivity index (χ3v) is 9.20. The molecule has 2 aliphatic rings. The molecule has 2 fully saturated rings. The number of anilines is 4. The number of piperidine rings is 1. The van der Waals surface area contributed by atoms with Crippen LogP contribution in [-0.4, -0.2) is 81.1 Å². The summed E-state index contributed by atoms with van der Waals surface area (Å²) in [5, 5.41) is 10.6. The van der Waals surface area contributed by atoms with Crippen LogP contribution in [0.15, 0.2) is 67.2 Å². The molecule has 2 saturated heterocycles. The quantitative estimate of drug-likeness (QED) is 0.163. The van der Waals surface area contributed by atoms with Crippen molar-refractivity contribution < 1.29 is 27.4 Å². The predicted molar refractivity (Wildman–Crippen MR) is 183 cm³/mol. The molecule has 0 spiro atoms. The Labute approximate surface area is 285 Å². The van der Waals surface area contributed by atoms with Crippen LogP contribution in [0, 0.1) is 6.92 Å². The monoisotopic (exact) mass is 687 g/mol. The molecule has 3 aromatic heterocycles. The van der Waals surface area contributed by atoms with Gasteiger partial charge in [-0.05, 0) is 69.3 Å². The second-order valence-electron chi connectivity index (χ2n) is 12.6. The average molecular weight is 688 g/mol. The molecule has 0 radical (unpaired) electrons. The first kappa shape index (κ1) is 33.1. The summed E-state index contributed by atoms with van der Waals surface area (Å²) in [5.41, 5.74) is 3.23. The number of benzene rings is 2. The lowest BCUT2D eigenvalue weighted by molar-refractivity contribution is -0.114. The molecule has 1 amide bonds. The van der Waals surface area contributed by atoms with Gasteiger partial charge >= 0.3 is 0 Å². The molecule has 1 atom stereocenters. The molecule has 2 aliphatic heterocycles. The largest absolute Gasteiger partial charge is 0.494 e. The molecule has 50 heavy (non-hydrogen) atoms. The van der Waals surface area contributed by atoms with Crippen LogP contribution in [-0.2, 0) is 4.79 Å². The van der Waals surface area contributed by atoms with Gasteiger partial charge in [0.05, 0.1) is 29.7 Å². The van der Waals surface area contributed by atoms with Crippen LogP contribution in [0.1, 0.15) is 31.2 Å². The number of ether oxygens (including phenoxy) is 2. The molecule has 7 rings (SSSR count). The average Bonchev–Trinajstić information content (AvgIpc) is 3.74. The third kappa shape index (κ3) is 6.85. The number of likely N-dealkylation sites (N-methyl/N-ethyl adjacent to an activating group) is 1. The van der Waals surface area contributed by atoms with E-state index in [1.165, 1.54) is 25.8 Å². The number of carbonyl (C=O) groups is 1. The van der Waals surface area contributed by atoms with E-state index < -0.39 is 17.7 Å². The van der Waals surface area contributed by atoms with Crippen molar-refractivity contribution in [3.05, 3.63) is 72.7 Å². The fourth-order valence-corrected chi connectivity index (χ4v) is 6.36. The SMILES string of the molecule is COc1cc(Oc2ccn3ncnc3c2)c(C)cc1Nc1ncnc2cc(N3CCC(F)(F)CC3)c(NC(=O)/C(F)=C\C3CCCN3C)cc12. The molecule has 12 nitrogen and oxygen atoms in total. The number of pyridine rings is 1. The van der Waals surface area contributed by atoms with E-state index in [-0.39, 0.29) is 37.7 Å². The highest BCUT2D eigenvalue weighted by atomic mass is 19.3. The Morgan fingerprint density at radius 1 is 1.02 bits per heavy atom. The number of amides is 1. The van der Waals surface area contributed by atoms with Gasteiger partial charge in [0.1, 0.15) is 35.7 Å². The molecule has 2 N–H and O–H groups in total. The number of aryl methyl sites for hydroxylation is 1. The molecule has 1 unspecified atom stereocenters. The number of nitrogens with zero attached hydrogens (tertiary/aromatic N) is 7. The van der Waals surface area contributed by atoms with E-state index >= 15 is 4.39 Å². The number of hydrogen-bond donors (Lipinski definition) is 2. The second-order valence-corrected chi connectivity index (χ2v) is 12.6. The molecule has 2 aromatic carbocycles. The minimum atomic E-state index is -2.78. The lowest BCUT2D eigenvalue weighted by atomic mass is 10.0. The van der Waals surface area contributed by atoms with Gasteiger partial charge < -0.3 is 25.0 Å². The summed E-state index contributed by atoms with van der Waals surface area (Å²) in [5.74, 6) is -2.63. The number of aromatic nitrogens is 5. The number of methoxy groups -OCH3 is 1. The van der Waals surface area contributed by atoms with E-state index in [9.17, 15) is 13.6 Å². The van der Waals surface area contributed by atoms with Crippen LogP contribution >= 0.6 is 0 Å². The zero-order valence-electron chi connectivity index (χ0n) is 27.8. The number of likely N-dealkylation sites (tertiary alicyclic amines) is 1. The fraction of sp³-hybridized carbons (Fsp3) is 0.343. The summed E-state index contributed by atoms with van der Waals surface area (Å²) >= 11 is 0. The van der Waals surface area contributed by atoms with E-state index in [2.05, 4.69) is 30.7 Å². The first-order valence-electron chi connectivity index (χ1n) is 16.3. The molecule has 0 aliphatic carbocycles. The van der Waals surface area contributed by atoms with Crippen molar-refractivity contribution >= 4 is 45.3 Å². The van der Waals surface area contributed by atoms with Gasteiger partial charge in [-0.15, -0.1) is 0 Å². The van der Waals surface area contributed by atoms with Gasteiger partial charge in [0.2, 0.25) is 0 Å². The maximum absolute atomic E-state index is 15.3. The lowest BCUT2D eigenvalue weighted by Gasteiger charge is -2.34. The highest BCUT2D eigenvalue weighted by molar-refractivity contribution is 6.07. The topological polar surface area (TPSA) is 122 Å². The Morgan fingerprint density at radius 2 is 1.84 bits per heavy atom. The zero-order chi connectivity index (χ0) is 35.0. The Kier molecular flexibility index (Phi) is 8.90. The molecule has 0 bridgehead atoms. The van der Waals surface area contributed by atoms with Gasteiger partial charge in [0.25, 0.3) is 11.8 Å². The van der Waals surface area contributed by atoms with E-state index in [1.807, 2.05) is 24.9 Å². The number of halogens is 3. The van der Waals surface area contributed by atoms with E-state index in [1.54, 1.807) is 45.9 Å². The molecular formula is C35H36F3N9O3. The van der Waals surface area contributed by atoms with Gasteiger partial charge in [-0.3, -0.25) is 9.69 Å². The van der Waals surface area contributed by atoms with Crippen molar-refractivity contribution in [1.82, 2.24) is 29.5 Å². The minimum absolute atomic E-state index is 0.0560. The number of fused-ring (bicyclic) bond motifs is 2. The maximum atomic E-state index is 15.3. The number of rotatable bonds is 9. The van der Waals surface area contributed by atoms with Crippen molar-refractivity contribution in [2.45, 2.75) is 44.6 Å². The number of carbonyl (C=O) groups excluding carboxylic acids is 1.